The Kier molecular flexibility index (Phi) is 6.67. The van der Waals surface area contributed by atoms with Gasteiger partial charge in [-0.2, -0.15) is 0 Å². The fourth-order valence-corrected chi connectivity index (χ4v) is 4.04. The first-order valence-electron chi connectivity index (χ1n) is 9.99. The van der Waals surface area contributed by atoms with Gasteiger partial charge in [-0.05, 0) is 74.4 Å². The number of nitrogens with zero attached hydrogens (tertiary/aromatic N) is 1. The number of nitrogens with one attached hydrogen (secondary N) is 2. The Morgan fingerprint density at radius 2 is 1.96 bits per heavy atom. The molecule has 2 aliphatic heterocycles. The highest BCUT2D eigenvalue weighted by Gasteiger charge is 2.25. The van der Waals surface area contributed by atoms with Crippen LogP contribution in [0.2, 0.25) is 0 Å². The van der Waals surface area contributed by atoms with Crippen LogP contribution in [0.5, 0.6) is 0 Å². The zero-order valence-electron chi connectivity index (χ0n) is 16.3. The minimum absolute atomic E-state index is 0.0447. The molecule has 2 amide bonds. The third-order valence-corrected chi connectivity index (χ3v) is 5.83. The van der Waals surface area contributed by atoms with Crippen LogP contribution >= 0.6 is 0 Å². The molecule has 1 aromatic carbocycles. The molecule has 1 saturated heterocycles. The summed E-state index contributed by atoms with van der Waals surface area (Å²) in [5.41, 5.74) is 2.35. The monoisotopic (exact) mass is 386 g/mol. The molecule has 2 aliphatic rings. The minimum Gasteiger partial charge on any atom is -0.550 e. The number of carboxylic acid groups (broad SMARTS) is 1. The van der Waals surface area contributed by atoms with Gasteiger partial charge < -0.3 is 25.4 Å². The van der Waals surface area contributed by atoms with Gasteiger partial charge in [-0.3, -0.25) is 9.59 Å². The average Bonchev–Trinajstić information content (AvgIpc) is 2.84. The fourth-order valence-electron chi connectivity index (χ4n) is 4.04. The molecule has 1 aromatic rings. The molecular formula is C21H28N3O4-. The van der Waals surface area contributed by atoms with E-state index in [1.54, 1.807) is 17.0 Å². The molecule has 0 bridgehead atoms. The summed E-state index contributed by atoms with van der Waals surface area (Å²) in [7, 11) is 1.82. The zero-order valence-corrected chi connectivity index (χ0v) is 16.3. The predicted octanol–water partition coefficient (Wildman–Crippen LogP) is 0.0768. The highest BCUT2D eigenvalue weighted by molar-refractivity contribution is 5.94. The summed E-state index contributed by atoms with van der Waals surface area (Å²) in [6, 6.07) is 5.44. The molecule has 7 nitrogen and oxygen atoms in total. The Labute approximate surface area is 165 Å². The Hall–Kier alpha value is -2.41. The fraction of sp³-hybridized carbons (Fsp3) is 0.571. The normalized spacial score (nSPS) is 20.0. The van der Waals surface area contributed by atoms with Crippen molar-refractivity contribution in [3.8, 4) is 0 Å². The van der Waals surface area contributed by atoms with E-state index in [-0.39, 0.29) is 18.2 Å². The van der Waals surface area contributed by atoms with Crippen molar-refractivity contribution in [2.45, 2.75) is 38.6 Å². The van der Waals surface area contributed by atoms with Crippen LogP contribution in [-0.2, 0) is 22.6 Å². The van der Waals surface area contributed by atoms with Crippen molar-refractivity contribution in [1.82, 2.24) is 15.5 Å². The Morgan fingerprint density at radius 3 is 2.68 bits per heavy atom. The summed E-state index contributed by atoms with van der Waals surface area (Å²) in [5, 5.41) is 17.1. The molecule has 2 N–H and O–H groups in total. The Bertz CT molecular complexity index is 743. The van der Waals surface area contributed by atoms with Crippen molar-refractivity contribution >= 4 is 17.8 Å². The molecule has 3 rings (SSSR count). The third-order valence-electron chi connectivity index (χ3n) is 5.83. The second-order valence-corrected chi connectivity index (χ2v) is 7.89. The molecule has 0 spiro atoms. The molecule has 28 heavy (non-hydrogen) atoms. The van der Waals surface area contributed by atoms with E-state index in [0.29, 0.717) is 31.0 Å². The van der Waals surface area contributed by atoms with Crippen molar-refractivity contribution in [1.29, 1.82) is 0 Å². The van der Waals surface area contributed by atoms with Crippen LogP contribution in [0.25, 0.3) is 0 Å². The van der Waals surface area contributed by atoms with E-state index in [2.05, 4.69) is 10.6 Å². The maximum Gasteiger partial charge on any atom is 0.253 e. The number of carboxylic acids is 1. The van der Waals surface area contributed by atoms with Crippen LogP contribution in [0.1, 0.15) is 47.2 Å². The van der Waals surface area contributed by atoms with Crippen molar-refractivity contribution in [2.75, 3.05) is 26.7 Å². The second-order valence-electron chi connectivity index (χ2n) is 7.89. The first-order valence-corrected chi connectivity index (χ1v) is 9.99. The SMILES string of the molecule is CN(CCC1CCNCC1)C(=O)c1ccc2c(c1)CC(CC(=O)[O-])C(=O)NC2. The van der Waals surface area contributed by atoms with Crippen LogP contribution in [0.3, 0.4) is 0 Å². The lowest BCUT2D eigenvalue weighted by Crippen LogP contribution is -2.34. The number of benzene rings is 1. The third kappa shape index (κ3) is 5.10. The molecule has 7 heteroatoms. The van der Waals surface area contributed by atoms with Gasteiger partial charge in [-0.1, -0.05) is 6.07 Å². The first-order chi connectivity index (χ1) is 13.4. The molecule has 152 valence electrons. The van der Waals surface area contributed by atoms with E-state index in [0.717, 1.165) is 43.5 Å². The molecule has 1 unspecified atom stereocenters. The van der Waals surface area contributed by atoms with Crippen LogP contribution < -0.4 is 15.7 Å². The number of piperidine rings is 1. The molecule has 1 atom stereocenters. The number of carbonyl (C=O) groups is 3. The number of amides is 2. The maximum atomic E-state index is 12.8. The number of fused-ring (bicyclic) bond motifs is 1. The summed E-state index contributed by atoms with van der Waals surface area (Å²) in [6.07, 6.45) is 3.29. The Morgan fingerprint density at radius 1 is 1.21 bits per heavy atom. The van der Waals surface area contributed by atoms with Gasteiger partial charge in [0.1, 0.15) is 0 Å². The van der Waals surface area contributed by atoms with Crippen LogP contribution in [-0.4, -0.2) is 49.4 Å². The summed E-state index contributed by atoms with van der Waals surface area (Å²) < 4.78 is 0. The van der Waals surface area contributed by atoms with Gasteiger partial charge in [0, 0.05) is 37.6 Å². The van der Waals surface area contributed by atoms with Gasteiger partial charge >= 0.3 is 0 Å². The summed E-state index contributed by atoms with van der Waals surface area (Å²) >= 11 is 0. The van der Waals surface area contributed by atoms with E-state index in [1.165, 1.54) is 0 Å². The highest BCUT2D eigenvalue weighted by atomic mass is 16.4. The molecule has 0 radical (unpaired) electrons. The van der Waals surface area contributed by atoms with Crippen LogP contribution in [0.4, 0.5) is 0 Å². The lowest BCUT2D eigenvalue weighted by atomic mass is 9.92. The average molecular weight is 386 g/mol. The van der Waals surface area contributed by atoms with Crippen molar-refractivity contribution in [2.24, 2.45) is 11.8 Å². The number of carbonyl (C=O) groups excluding carboxylic acids is 3. The molecular weight excluding hydrogens is 358 g/mol. The highest BCUT2D eigenvalue weighted by Crippen LogP contribution is 2.23. The number of hydrogen-bond acceptors (Lipinski definition) is 5. The number of hydrogen-bond donors (Lipinski definition) is 2. The van der Waals surface area contributed by atoms with E-state index in [1.807, 2.05) is 13.1 Å². The van der Waals surface area contributed by atoms with Crippen LogP contribution in [0, 0.1) is 11.8 Å². The first kappa shape index (κ1) is 20.3. The molecule has 0 aliphatic carbocycles. The Balaban J connectivity index is 1.66. The predicted molar refractivity (Wildman–Crippen MR) is 102 cm³/mol. The van der Waals surface area contributed by atoms with Crippen molar-refractivity contribution < 1.29 is 19.5 Å². The largest absolute Gasteiger partial charge is 0.550 e. The number of rotatable bonds is 6. The van der Waals surface area contributed by atoms with E-state index >= 15 is 0 Å². The van der Waals surface area contributed by atoms with Gasteiger partial charge in [0.2, 0.25) is 5.91 Å². The number of aliphatic carboxylic acids is 1. The molecule has 0 saturated carbocycles. The molecule has 1 fully saturated rings. The summed E-state index contributed by atoms with van der Waals surface area (Å²) in [6.45, 7) is 3.16. The van der Waals surface area contributed by atoms with Crippen LogP contribution in [0.15, 0.2) is 18.2 Å². The molecule has 2 heterocycles. The lowest BCUT2D eigenvalue weighted by Gasteiger charge is -2.25. The second kappa shape index (κ2) is 9.19. The van der Waals surface area contributed by atoms with Gasteiger partial charge in [-0.25, -0.2) is 0 Å². The summed E-state index contributed by atoms with van der Waals surface area (Å²) in [4.78, 5) is 37.6. The topological polar surface area (TPSA) is 102 Å². The van der Waals surface area contributed by atoms with Crippen molar-refractivity contribution in [3.05, 3.63) is 34.9 Å². The van der Waals surface area contributed by atoms with Gasteiger partial charge in [0.25, 0.3) is 5.91 Å². The minimum atomic E-state index is -1.24. The maximum absolute atomic E-state index is 12.8. The standard InChI is InChI=1S/C21H29N3O4/c1-24(9-6-14-4-7-22-8-5-14)21(28)15-2-3-16-13-23-20(27)18(12-19(25)26)11-17(16)10-15/h2-3,10,14,18,22H,4-9,11-13H2,1H3,(H,23,27)(H,25,26)/p-1. The quantitative estimate of drug-likeness (QED) is 0.721. The molecule has 0 aromatic heterocycles. The summed E-state index contributed by atoms with van der Waals surface area (Å²) in [5.74, 6) is -1.59. The lowest BCUT2D eigenvalue weighted by molar-refractivity contribution is -0.306. The van der Waals surface area contributed by atoms with E-state index in [4.69, 9.17) is 0 Å². The smallest absolute Gasteiger partial charge is 0.253 e. The van der Waals surface area contributed by atoms with Crippen molar-refractivity contribution in [3.63, 3.8) is 0 Å². The zero-order chi connectivity index (χ0) is 20.1. The van der Waals surface area contributed by atoms with Gasteiger partial charge in [0.05, 0.1) is 0 Å². The van der Waals surface area contributed by atoms with Gasteiger partial charge in [0.15, 0.2) is 0 Å². The van der Waals surface area contributed by atoms with E-state index < -0.39 is 11.9 Å². The van der Waals surface area contributed by atoms with E-state index in [9.17, 15) is 19.5 Å². The van der Waals surface area contributed by atoms with Gasteiger partial charge in [-0.15, -0.1) is 0 Å².